The number of rotatable bonds is 11. The molecule has 2 aliphatic rings. The Morgan fingerprint density at radius 3 is 2.64 bits per heavy atom. The van der Waals surface area contributed by atoms with Crippen LogP contribution < -0.4 is 15.2 Å². The number of carboxylic acids is 1. The summed E-state index contributed by atoms with van der Waals surface area (Å²) in [7, 11) is -3.90. The molecule has 0 spiro atoms. The first kappa shape index (κ1) is 31.1. The minimum absolute atomic E-state index is 0. The van der Waals surface area contributed by atoms with E-state index in [1.807, 2.05) is 0 Å². The van der Waals surface area contributed by atoms with Gasteiger partial charge in [-0.3, -0.25) is 14.5 Å². The molecule has 0 bridgehead atoms. The summed E-state index contributed by atoms with van der Waals surface area (Å²) in [5.41, 5.74) is -4.51. The molecule has 3 rings (SSSR count). The van der Waals surface area contributed by atoms with Crippen LogP contribution in [0.2, 0.25) is 0 Å². The molecule has 0 aliphatic carbocycles. The molecular weight excluding hydrogens is 584 g/mol. The average Bonchev–Trinajstić information content (AvgIpc) is 3.19. The van der Waals surface area contributed by atoms with Crippen molar-refractivity contribution < 1.29 is 41.1 Å². The zero-order valence-electron chi connectivity index (χ0n) is 17.3. The van der Waals surface area contributed by atoms with Gasteiger partial charge < -0.3 is 10.4 Å². The van der Waals surface area contributed by atoms with E-state index in [0.29, 0.717) is 5.57 Å². The van der Waals surface area contributed by atoms with Crippen LogP contribution in [0.1, 0.15) is 0 Å². The molecule has 1 aromatic rings. The number of carboxylic acid groups (broad SMARTS) is 1. The number of aromatic nitrogens is 4. The molecule has 1 unspecified atom stereocenters. The number of nitrogens with one attached hydrogen (secondary N) is 2. The summed E-state index contributed by atoms with van der Waals surface area (Å²) in [6, 6.07) is -1.14. The van der Waals surface area contributed by atoms with Gasteiger partial charge in [-0.05, 0) is 27.8 Å². The number of alkyl halides is 3. The van der Waals surface area contributed by atoms with Crippen molar-refractivity contribution in [3.63, 3.8) is 0 Å². The number of halogens is 3. The predicted octanol–water partition coefficient (Wildman–Crippen LogP) is -2.10. The van der Waals surface area contributed by atoms with Crippen molar-refractivity contribution >= 4 is 92.8 Å². The van der Waals surface area contributed by atoms with E-state index in [1.54, 1.807) is 0 Å². The summed E-state index contributed by atoms with van der Waals surface area (Å²) in [5.74, 6) is -3.79. The molecule has 196 valence electrons. The minimum atomic E-state index is -4.60. The topological polar surface area (TPSA) is 202 Å². The molecule has 1 saturated heterocycles. The third-order valence-corrected chi connectivity index (χ3v) is 8.16. The molecule has 2 aliphatic heterocycles. The fourth-order valence-corrected chi connectivity index (χ4v) is 6.18. The molecule has 5 N–H and O–H groups in total. The number of tetrazole rings is 1. The number of nitrogens with zero attached hydrogens (tertiary/aromatic N) is 5. The Kier molecular flexibility index (Phi) is 10.9. The van der Waals surface area contributed by atoms with Gasteiger partial charge in [-0.1, -0.05) is 11.8 Å². The van der Waals surface area contributed by atoms with Gasteiger partial charge in [-0.25, -0.2) is 19.3 Å². The fourth-order valence-electron chi connectivity index (χ4n) is 3.04. The Bertz CT molecular complexity index is 1150. The quantitative estimate of drug-likeness (QED) is 0.122. The number of hydrogen-bond acceptors (Lipinski definition) is 11. The number of β-lactam (4-membered cyclic amide) rings is 1. The molecule has 2 amide bonds. The van der Waals surface area contributed by atoms with Crippen LogP contribution in [0, 0.1) is 0 Å². The molecular formula is C14H18F3N8NaO6S4. The van der Waals surface area contributed by atoms with E-state index in [1.165, 1.54) is 4.68 Å². The molecule has 36 heavy (non-hydrogen) atoms. The van der Waals surface area contributed by atoms with E-state index in [-0.39, 0.29) is 65.0 Å². The van der Waals surface area contributed by atoms with Crippen LogP contribution in [0.25, 0.3) is 0 Å². The van der Waals surface area contributed by atoms with Crippen molar-refractivity contribution in [2.75, 3.05) is 23.8 Å². The number of hydrogen-bond donors (Lipinski definition) is 4. The van der Waals surface area contributed by atoms with E-state index in [0.717, 1.165) is 28.4 Å². The number of fused-ring (bicyclic) bond motifs is 1. The zero-order valence-corrected chi connectivity index (χ0v) is 20.5. The van der Waals surface area contributed by atoms with E-state index in [2.05, 4.69) is 25.6 Å². The van der Waals surface area contributed by atoms with Crippen LogP contribution in [-0.4, -0.2) is 127 Å². The van der Waals surface area contributed by atoms with Gasteiger partial charge in [0.15, 0.2) is 0 Å². The van der Waals surface area contributed by atoms with Crippen molar-refractivity contribution in [1.29, 1.82) is 0 Å². The molecule has 0 radical (unpaired) electrons. The number of carbonyl (C=O) groups excluding carboxylic acids is 2. The van der Waals surface area contributed by atoms with Gasteiger partial charge in [0.25, 0.3) is 16.1 Å². The summed E-state index contributed by atoms with van der Waals surface area (Å²) in [6.45, 7) is -0.0407. The van der Waals surface area contributed by atoms with Crippen molar-refractivity contribution in [3.8, 4) is 0 Å². The molecule has 3 heterocycles. The van der Waals surface area contributed by atoms with Crippen molar-refractivity contribution in [2.24, 2.45) is 5.14 Å². The third kappa shape index (κ3) is 8.21. The Labute approximate surface area is 236 Å². The van der Waals surface area contributed by atoms with Gasteiger partial charge >= 0.3 is 41.0 Å². The SMILES string of the molecule is NS(=O)(=O)NCCn1nnnc1SCC1=C(C(=O)O)N2C(=O)C(NC(=O)CSC(F)(F)F)[C@H]2SC1.[NaH]. The number of aliphatic carboxylic acids is 1. The van der Waals surface area contributed by atoms with Gasteiger partial charge in [0, 0.05) is 18.1 Å². The van der Waals surface area contributed by atoms with Crippen molar-refractivity contribution in [2.45, 2.75) is 28.6 Å². The second-order valence-electron chi connectivity index (χ2n) is 6.86. The monoisotopic (exact) mass is 602 g/mol. The number of amides is 2. The summed E-state index contributed by atoms with van der Waals surface area (Å²) in [5, 5.41) is 27.3. The third-order valence-electron chi connectivity index (χ3n) is 4.43. The summed E-state index contributed by atoms with van der Waals surface area (Å²) >= 11 is 1.67. The standard InChI is InChI=1S/C14H17F3N8O6S4.Na.H/c15-14(16,17)34-5-7(26)20-8-10(27)25-9(12(28)29)6(3-32-11(8)25)4-33-13-21-22-23-24(13)2-1-19-35(18,30)31;;/h8,11,19H,1-5H2,(H,20,26)(H,28,29)(H2,18,30,31);;/t8?,11-;;/m1../s1. The second-order valence-corrected chi connectivity index (χ2v) is 11.3. The van der Waals surface area contributed by atoms with Crippen LogP contribution in [0.5, 0.6) is 0 Å². The first-order valence-corrected chi connectivity index (χ1v) is 13.9. The molecule has 22 heteroatoms. The second kappa shape index (κ2) is 12.7. The number of thioether (sulfide) groups is 3. The van der Waals surface area contributed by atoms with Crippen LogP contribution in [0.4, 0.5) is 13.2 Å². The Morgan fingerprint density at radius 2 is 2.03 bits per heavy atom. The van der Waals surface area contributed by atoms with Gasteiger partial charge in [0.1, 0.15) is 17.1 Å². The first-order valence-electron chi connectivity index (χ1n) is 9.33. The number of carbonyl (C=O) groups is 3. The average molecular weight is 603 g/mol. The van der Waals surface area contributed by atoms with Crippen molar-refractivity contribution in [3.05, 3.63) is 11.3 Å². The van der Waals surface area contributed by atoms with Crippen LogP contribution in [0.15, 0.2) is 16.4 Å². The van der Waals surface area contributed by atoms with Gasteiger partial charge in [-0.15, -0.1) is 16.9 Å². The molecule has 0 saturated carbocycles. The Morgan fingerprint density at radius 1 is 1.33 bits per heavy atom. The zero-order chi connectivity index (χ0) is 26.0. The maximum absolute atomic E-state index is 12.5. The summed E-state index contributed by atoms with van der Waals surface area (Å²) in [6.07, 6.45) is 0. The molecule has 14 nitrogen and oxygen atoms in total. The number of nitrogens with two attached hydrogens (primary N) is 1. The van der Waals surface area contributed by atoms with Gasteiger partial charge in [0.05, 0.1) is 12.3 Å². The normalized spacial score (nSPS) is 19.9. The Hall–Kier alpha value is -1.07. The van der Waals surface area contributed by atoms with E-state index in [9.17, 15) is 41.1 Å². The van der Waals surface area contributed by atoms with E-state index in [4.69, 9.17) is 5.14 Å². The van der Waals surface area contributed by atoms with Gasteiger partial charge in [0.2, 0.25) is 11.1 Å². The first-order chi connectivity index (χ1) is 16.3. The van der Waals surface area contributed by atoms with Crippen LogP contribution in [-0.2, 0) is 31.1 Å². The summed E-state index contributed by atoms with van der Waals surface area (Å²) < 4.78 is 62.1. The molecule has 0 aromatic carbocycles. The maximum atomic E-state index is 12.5. The Balaban J connectivity index is 0.00000456. The van der Waals surface area contributed by atoms with Crippen molar-refractivity contribution in [1.82, 2.24) is 35.1 Å². The molecule has 1 aromatic heterocycles. The van der Waals surface area contributed by atoms with E-state index < -0.39 is 62.4 Å². The van der Waals surface area contributed by atoms with Crippen LogP contribution >= 0.6 is 35.3 Å². The predicted molar refractivity (Wildman–Crippen MR) is 125 cm³/mol. The fraction of sp³-hybridized carbons (Fsp3) is 0.571. The summed E-state index contributed by atoms with van der Waals surface area (Å²) in [4.78, 5) is 37.2. The van der Waals surface area contributed by atoms with E-state index >= 15 is 0 Å². The molecule has 2 atom stereocenters. The van der Waals surface area contributed by atoms with Gasteiger partial charge in [-0.2, -0.15) is 21.6 Å². The van der Waals surface area contributed by atoms with Crippen LogP contribution in [0.3, 0.4) is 0 Å². The molecule has 1 fully saturated rings.